The van der Waals surface area contributed by atoms with Crippen molar-refractivity contribution in [1.82, 2.24) is 4.57 Å². The molecule has 0 bridgehead atoms. The molecule has 3 aromatic rings. The molecule has 0 radical (unpaired) electrons. The van der Waals surface area contributed by atoms with Gasteiger partial charge in [-0.25, -0.2) is 4.57 Å². The van der Waals surface area contributed by atoms with E-state index >= 15 is 0 Å². The molecule has 0 unspecified atom stereocenters. The zero-order chi connectivity index (χ0) is 15.8. The Bertz CT molecular complexity index is 873. The minimum Gasteiger partial charge on any atom is -0.258 e. The van der Waals surface area contributed by atoms with E-state index in [2.05, 4.69) is 27.5 Å². The van der Waals surface area contributed by atoms with Crippen LogP contribution in [0.1, 0.15) is 0 Å². The molecule has 114 valence electrons. The van der Waals surface area contributed by atoms with E-state index in [1.165, 1.54) is 5.16 Å². The summed E-state index contributed by atoms with van der Waals surface area (Å²) in [6, 6.07) is 17.0. The van der Waals surface area contributed by atoms with Gasteiger partial charge in [-0.15, -0.1) is 0 Å². The lowest BCUT2D eigenvalue weighted by molar-refractivity contribution is -0.713. The first-order chi connectivity index (χ1) is 11.2. The maximum Gasteiger partial charge on any atom is 0.323 e. The van der Waals surface area contributed by atoms with Gasteiger partial charge in [0.25, 0.3) is 5.69 Å². The van der Waals surface area contributed by atoms with Gasteiger partial charge in [0.1, 0.15) is 18.4 Å². The summed E-state index contributed by atoms with van der Waals surface area (Å²) >= 11 is 1.83. The second kappa shape index (κ2) is 5.55. The molecule has 2 aromatic carbocycles. The Kier molecular flexibility index (Phi) is 3.38. The van der Waals surface area contributed by atoms with Crippen LogP contribution in [-0.4, -0.2) is 15.2 Å². The fourth-order valence-electron chi connectivity index (χ4n) is 2.83. The van der Waals surface area contributed by atoms with E-state index in [9.17, 15) is 10.1 Å². The fourth-order valence-corrected chi connectivity index (χ4v) is 3.93. The monoisotopic (exact) mass is 324 g/mol. The smallest absolute Gasteiger partial charge is 0.258 e. The number of non-ortho nitro benzene ring substituents is 1. The standard InChI is InChI=1S/C17H14N3O2S/c21-20(22)15-8-6-13(7-9-15)16-12-19(14-4-2-1-3-5-14)17-18(16)10-11-23-17/h1-9,12H,10-11H2/q+1. The highest BCUT2D eigenvalue weighted by Crippen LogP contribution is 2.30. The number of benzene rings is 2. The summed E-state index contributed by atoms with van der Waals surface area (Å²) in [6.07, 6.45) is 2.11. The molecule has 0 atom stereocenters. The van der Waals surface area contributed by atoms with E-state index in [0.29, 0.717) is 0 Å². The van der Waals surface area contributed by atoms with Crippen molar-refractivity contribution in [2.45, 2.75) is 11.7 Å². The van der Waals surface area contributed by atoms with E-state index in [-0.39, 0.29) is 10.6 Å². The molecule has 0 saturated carbocycles. The van der Waals surface area contributed by atoms with Crippen LogP contribution in [0.4, 0.5) is 5.69 Å². The predicted molar refractivity (Wildman–Crippen MR) is 88.8 cm³/mol. The molecule has 6 heteroatoms. The van der Waals surface area contributed by atoms with Gasteiger partial charge in [0.2, 0.25) is 0 Å². The quantitative estimate of drug-likeness (QED) is 0.421. The maximum atomic E-state index is 10.8. The zero-order valence-corrected chi connectivity index (χ0v) is 13.1. The Morgan fingerprint density at radius 2 is 1.83 bits per heavy atom. The van der Waals surface area contributed by atoms with Crippen molar-refractivity contribution in [2.24, 2.45) is 0 Å². The Morgan fingerprint density at radius 3 is 2.52 bits per heavy atom. The third kappa shape index (κ3) is 2.41. The molecule has 0 amide bonds. The number of fused-ring (bicyclic) bond motifs is 1. The molecule has 1 aliphatic rings. The second-order valence-corrected chi connectivity index (χ2v) is 6.37. The number of para-hydroxylation sites is 1. The Labute approximate surface area is 137 Å². The van der Waals surface area contributed by atoms with Crippen molar-refractivity contribution in [3.05, 3.63) is 70.9 Å². The first-order valence-electron chi connectivity index (χ1n) is 7.32. The van der Waals surface area contributed by atoms with Crippen molar-refractivity contribution in [2.75, 3.05) is 5.75 Å². The molecule has 0 N–H and O–H groups in total. The number of nitrogens with zero attached hydrogens (tertiary/aromatic N) is 3. The lowest BCUT2D eigenvalue weighted by atomic mass is 10.1. The predicted octanol–water partition coefficient (Wildman–Crippen LogP) is 3.45. The zero-order valence-electron chi connectivity index (χ0n) is 12.3. The number of aromatic nitrogens is 2. The molecular weight excluding hydrogens is 310 g/mol. The van der Waals surface area contributed by atoms with Crippen LogP contribution in [0.3, 0.4) is 0 Å². The number of hydrogen-bond acceptors (Lipinski definition) is 3. The average molecular weight is 324 g/mol. The van der Waals surface area contributed by atoms with Gasteiger partial charge in [-0.2, -0.15) is 4.57 Å². The first-order valence-corrected chi connectivity index (χ1v) is 8.31. The van der Waals surface area contributed by atoms with Crippen LogP contribution in [0.2, 0.25) is 0 Å². The number of rotatable bonds is 3. The molecule has 0 saturated heterocycles. The van der Waals surface area contributed by atoms with Gasteiger partial charge >= 0.3 is 5.16 Å². The van der Waals surface area contributed by atoms with E-state index < -0.39 is 0 Å². The fraction of sp³-hybridized carbons (Fsp3) is 0.118. The van der Waals surface area contributed by atoms with E-state index in [4.69, 9.17) is 0 Å². The molecule has 0 aliphatic carbocycles. The SMILES string of the molecule is O=[N+]([O-])c1ccc(-c2cn(-c3ccccc3)c3[n+]2CCS3)cc1. The number of imidazole rings is 1. The minimum absolute atomic E-state index is 0.118. The highest BCUT2D eigenvalue weighted by Gasteiger charge is 2.30. The highest BCUT2D eigenvalue weighted by atomic mass is 32.2. The average Bonchev–Trinajstić information content (AvgIpc) is 3.18. The van der Waals surface area contributed by atoms with Crippen molar-refractivity contribution in [1.29, 1.82) is 0 Å². The first kappa shape index (κ1) is 14.0. The molecule has 1 aliphatic heterocycles. The summed E-state index contributed by atoms with van der Waals surface area (Å²) in [4.78, 5) is 10.4. The lowest BCUT2D eigenvalue weighted by Gasteiger charge is -1.97. The van der Waals surface area contributed by atoms with Crippen LogP contribution in [0.15, 0.2) is 66.0 Å². The summed E-state index contributed by atoms with van der Waals surface area (Å²) in [5.41, 5.74) is 3.32. The van der Waals surface area contributed by atoms with E-state index in [0.717, 1.165) is 29.2 Å². The van der Waals surface area contributed by atoms with Crippen LogP contribution in [0.25, 0.3) is 16.9 Å². The van der Waals surface area contributed by atoms with Gasteiger partial charge in [0, 0.05) is 23.4 Å². The van der Waals surface area contributed by atoms with Gasteiger partial charge in [-0.3, -0.25) is 10.1 Å². The number of nitro groups is 1. The number of hydrogen-bond donors (Lipinski definition) is 0. The largest absolute Gasteiger partial charge is 0.323 e. The van der Waals surface area contributed by atoms with E-state index in [1.54, 1.807) is 12.1 Å². The van der Waals surface area contributed by atoms with Gasteiger partial charge in [0.15, 0.2) is 5.69 Å². The van der Waals surface area contributed by atoms with Gasteiger partial charge in [-0.1, -0.05) is 18.2 Å². The molecule has 1 aromatic heterocycles. The second-order valence-electron chi connectivity index (χ2n) is 5.31. The lowest BCUT2D eigenvalue weighted by Crippen LogP contribution is -2.33. The van der Waals surface area contributed by atoms with Crippen LogP contribution in [0.5, 0.6) is 0 Å². The van der Waals surface area contributed by atoms with Gasteiger partial charge in [0.05, 0.1) is 4.92 Å². The van der Waals surface area contributed by atoms with Crippen molar-refractivity contribution >= 4 is 17.4 Å². The third-order valence-corrected chi connectivity index (χ3v) is 5.00. The molecule has 2 heterocycles. The maximum absolute atomic E-state index is 10.8. The summed E-state index contributed by atoms with van der Waals surface area (Å²) in [6.45, 7) is 0.951. The molecule has 4 rings (SSSR count). The summed E-state index contributed by atoms with van der Waals surface area (Å²) < 4.78 is 4.47. The molecule has 0 spiro atoms. The molecule has 23 heavy (non-hydrogen) atoms. The topological polar surface area (TPSA) is 52.0 Å². The van der Waals surface area contributed by atoms with Gasteiger partial charge < -0.3 is 0 Å². The number of thioether (sulfide) groups is 1. The van der Waals surface area contributed by atoms with Crippen LogP contribution < -0.4 is 4.57 Å². The normalized spacial score (nSPS) is 13.0. The van der Waals surface area contributed by atoms with Crippen molar-refractivity contribution < 1.29 is 9.49 Å². The van der Waals surface area contributed by atoms with Crippen molar-refractivity contribution in [3.63, 3.8) is 0 Å². The highest BCUT2D eigenvalue weighted by molar-refractivity contribution is 7.99. The van der Waals surface area contributed by atoms with Crippen LogP contribution in [-0.2, 0) is 6.54 Å². The molecule has 5 nitrogen and oxygen atoms in total. The van der Waals surface area contributed by atoms with Crippen LogP contribution in [0, 0.1) is 10.1 Å². The third-order valence-electron chi connectivity index (χ3n) is 3.93. The number of nitro benzene ring substituents is 1. The Morgan fingerprint density at radius 1 is 1.09 bits per heavy atom. The summed E-state index contributed by atoms with van der Waals surface area (Å²) in [5.74, 6) is 1.04. The summed E-state index contributed by atoms with van der Waals surface area (Å²) in [5, 5.41) is 12.0. The van der Waals surface area contributed by atoms with E-state index in [1.807, 2.05) is 42.1 Å². The van der Waals surface area contributed by atoms with Crippen molar-refractivity contribution in [3.8, 4) is 16.9 Å². The van der Waals surface area contributed by atoms with Crippen LogP contribution >= 0.6 is 11.8 Å². The Hall–Kier alpha value is -2.60. The van der Waals surface area contributed by atoms with Gasteiger partial charge in [-0.05, 0) is 36.0 Å². The Balaban J connectivity index is 1.82. The molecular formula is C17H14N3O2S+. The minimum atomic E-state index is -0.369. The summed E-state index contributed by atoms with van der Waals surface area (Å²) in [7, 11) is 0. The molecule has 0 fully saturated rings.